The number of benzene rings is 1. The van der Waals surface area contributed by atoms with E-state index in [0.29, 0.717) is 24.9 Å². The second-order valence-electron chi connectivity index (χ2n) is 8.17. The van der Waals surface area contributed by atoms with Crippen molar-refractivity contribution in [3.63, 3.8) is 0 Å². The molecule has 7 nitrogen and oxygen atoms in total. The van der Waals surface area contributed by atoms with Crippen LogP contribution < -0.4 is 0 Å². The fourth-order valence-electron chi connectivity index (χ4n) is 3.82. The lowest BCUT2D eigenvalue weighted by Gasteiger charge is -2.36. The van der Waals surface area contributed by atoms with E-state index in [0.717, 1.165) is 43.1 Å². The first-order chi connectivity index (χ1) is 14.4. The highest BCUT2D eigenvalue weighted by atomic mass is 16.2. The first kappa shape index (κ1) is 21.9. The topological polar surface area (TPSA) is 54.8 Å². The summed E-state index contributed by atoms with van der Waals surface area (Å²) < 4.78 is 0. The zero-order chi connectivity index (χ0) is 21.7. The van der Waals surface area contributed by atoms with Crippen molar-refractivity contribution in [2.45, 2.75) is 26.7 Å². The Labute approximate surface area is 180 Å². The summed E-state index contributed by atoms with van der Waals surface area (Å²) in [6.45, 7) is 13.1. The molecule has 1 aromatic carbocycles. The summed E-state index contributed by atoms with van der Waals surface area (Å²) in [5, 5.41) is 0. The number of nitrogens with zero attached hydrogens (tertiary/aromatic N) is 6. The number of piperazine rings is 1. The second-order valence-corrected chi connectivity index (χ2v) is 8.17. The summed E-state index contributed by atoms with van der Waals surface area (Å²) in [6, 6.07) is 7.76. The van der Waals surface area contributed by atoms with Crippen LogP contribution in [-0.2, 0) is 0 Å². The van der Waals surface area contributed by atoms with Crippen molar-refractivity contribution < 1.29 is 4.79 Å². The minimum absolute atomic E-state index is 0.0988. The smallest absolute Gasteiger partial charge is 0.254 e. The van der Waals surface area contributed by atoms with Gasteiger partial charge in [0.25, 0.3) is 5.91 Å². The zero-order valence-corrected chi connectivity index (χ0v) is 18.8. The predicted octanol–water partition coefficient (Wildman–Crippen LogP) is 2.66. The normalized spacial score (nSPS) is 18.1. The van der Waals surface area contributed by atoms with Gasteiger partial charge >= 0.3 is 0 Å². The summed E-state index contributed by atoms with van der Waals surface area (Å²) in [6.07, 6.45) is 2.44. The van der Waals surface area contributed by atoms with E-state index < -0.39 is 0 Å². The van der Waals surface area contributed by atoms with Crippen LogP contribution in [0.4, 0.5) is 0 Å². The van der Waals surface area contributed by atoms with Crippen LogP contribution in [0.25, 0.3) is 0 Å². The average molecular weight is 411 g/mol. The maximum Gasteiger partial charge on any atom is 0.254 e. The average Bonchev–Trinajstić information content (AvgIpc) is 3.28. The molecule has 2 heterocycles. The predicted molar refractivity (Wildman–Crippen MR) is 123 cm³/mol. The fraction of sp³-hybridized carbons (Fsp3) is 0.522. The molecule has 3 rings (SSSR count). The molecule has 1 aromatic rings. The summed E-state index contributed by atoms with van der Waals surface area (Å²) in [5.74, 6) is 2.45. The van der Waals surface area contributed by atoms with Crippen molar-refractivity contribution in [3.8, 4) is 0 Å². The molecule has 0 aromatic heterocycles. The number of hydrogen-bond acceptors (Lipinski definition) is 3. The number of carbonyl (C=O) groups is 1. The van der Waals surface area contributed by atoms with Crippen LogP contribution in [0.2, 0.25) is 0 Å². The third-order valence-corrected chi connectivity index (χ3v) is 5.76. The van der Waals surface area contributed by atoms with Crippen LogP contribution in [0.5, 0.6) is 0 Å². The highest BCUT2D eigenvalue weighted by Gasteiger charge is 2.24. The van der Waals surface area contributed by atoms with E-state index in [4.69, 9.17) is 9.98 Å². The molecule has 0 saturated carbocycles. The Morgan fingerprint density at radius 2 is 1.53 bits per heavy atom. The maximum atomic E-state index is 12.8. The van der Waals surface area contributed by atoms with Crippen LogP contribution in [0.1, 0.15) is 35.7 Å². The molecule has 0 unspecified atom stereocenters. The number of hydrogen-bond donors (Lipinski definition) is 0. The summed E-state index contributed by atoms with van der Waals surface area (Å²) in [4.78, 5) is 30.6. The SMILES string of the molecule is C=C(/N=C(\N=C(/C)N1CCCC1)N(C)C)N1CCN(C(=O)c2ccccc2C)CC1. The number of amides is 1. The minimum atomic E-state index is 0.0988. The molecular weight excluding hydrogens is 376 g/mol. The van der Waals surface area contributed by atoms with Crippen LogP contribution in [0, 0.1) is 6.92 Å². The van der Waals surface area contributed by atoms with Crippen LogP contribution >= 0.6 is 0 Å². The Bertz CT molecular complexity index is 830. The Kier molecular flexibility index (Phi) is 7.13. The molecule has 2 aliphatic heterocycles. The molecule has 2 fully saturated rings. The third-order valence-electron chi connectivity index (χ3n) is 5.76. The van der Waals surface area contributed by atoms with E-state index in [2.05, 4.69) is 16.4 Å². The van der Waals surface area contributed by atoms with E-state index in [-0.39, 0.29) is 5.91 Å². The monoisotopic (exact) mass is 410 g/mol. The molecule has 0 N–H and O–H groups in total. The molecule has 0 radical (unpaired) electrons. The van der Waals surface area contributed by atoms with Crippen molar-refractivity contribution in [3.05, 3.63) is 47.8 Å². The highest BCUT2D eigenvalue weighted by molar-refractivity contribution is 5.96. The number of guanidine groups is 1. The van der Waals surface area contributed by atoms with Gasteiger partial charge in [0.1, 0.15) is 11.7 Å². The van der Waals surface area contributed by atoms with Crippen molar-refractivity contribution in [1.29, 1.82) is 0 Å². The zero-order valence-electron chi connectivity index (χ0n) is 18.8. The van der Waals surface area contributed by atoms with E-state index in [9.17, 15) is 4.79 Å². The van der Waals surface area contributed by atoms with E-state index >= 15 is 0 Å². The van der Waals surface area contributed by atoms with Gasteiger partial charge in [-0.25, -0.2) is 4.99 Å². The van der Waals surface area contributed by atoms with Gasteiger partial charge < -0.3 is 19.6 Å². The lowest BCUT2D eigenvalue weighted by Crippen LogP contribution is -2.48. The molecule has 0 aliphatic carbocycles. The first-order valence-electron chi connectivity index (χ1n) is 10.7. The number of amidine groups is 1. The second kappa shape index (κ2) is 9.78. The van der Waals surface area contributed by atoms with Gasteiger partial charge in [0.05, 0.1) is 0 Å². The van der Waals surface area contributed by atoms with Gasteiger partial charge in [0, 0.05) is 58.9 Å². The summed E-state index contributed by atoms with van der Waals surface area (Å²) >= 11 is 0. The fourth-order valence-corrected chi connectivity index (χ4v) is 3.82. The van der Waals surface area contributed by atoms with E-state index in [1.165, 1.54) is 12.8 Å². The molecule has 0 bridgehead atoms. The number of aliphatic imine (C=N–C) groups is 2. The molecule has 2 saturated heterocycles. The molecule has 0 spiro atoms. The van der Waals surface area contributed by atoms with Crippen LogP contribution in [-0.4, -0.2) is 90.7 Å². The number of carbonyl (C=O) groups excluding carboxylic acids is 1. The molecule has 30 heavy (non-hydrogen) atoms. The van der Waals surface area contributed by atoms with Crippen LogP contribution in [0.15, 0.2) is 46.7 Å². The Morgan fingerprint density at radius 3 is 2.13 bits per heavy atom. The molecule has 0 atom stereocenters. The highest BCUT2D eigenvalue weighted by Crippen LogP contribution is 2.16. The summed E-state index contributed by atoms with van der Waals surface area (Å²) in [5.41, 5.74) is 1.80. The van der Waals surface area contributed by atoms with Gasteiger partial charge in [-0.15, -0.1) is 0 Å². The lowest BCUT2D eigenvalue weighted by molar-refractivity contribution is 0.0668. The van der Waals surface area contributed by atoms with Crippen molar-refractivity contribution in [1.82, 2.24) is 19.6 Å². The van der Waals surface area contributed by atoms with E-state index in [1.54, 1.807) is 0 Å². The van der Waals surface area contributed by atoms with Gasteiger partial charge in [0.15, 0.2) is 0 Å². The van der Waals surface area contributed by atoms with Gasteiger partial charge in [-0.3, -0.25) is 4.79 Å². The van der Waals surface area contributed by atoms with E-state index in [1.807, 2.05) is 62.0 Å². The van der Waals surface area contributed by atoms with Crippen molar-refractivity contribution in [2.24, 2.45) is 9.98 Å². The number of aryl methyl sites for hydroxylation is 1. The quantitative estimate of drug-likeness (QED) is 0.568. The first-order valence-corrected chi connectivity index (χ1v) is 10.7. The van der Waals surface area contributed by atoms with Gasteiger partial charge in [-0.1, -0.05) is 24.8 Å². The molecule has 162 valence electrons. The minimum Gasteiger partial charge on any atom is -0.360 e. The van der Waals surface area contributed by atoms with Gasteiger partial charge in [-0.2, -0.15) is 4.99 Å². The number of likely N-dealkylation sites (tertiary alicyclic amines) is 1. The van der Waals surface area contributed by atoms with Crippen LogP contribution in [0.3, 0.4) is 0 Å². The van der Waals surface area contributed by atoms with Gasteiger partial charge in [0.2, 0.25) is 5.96 Å². The standard InChI is InChI=1S/C23H34N6O/c1-18-10-6-7-11-21(18)22(30)29-16-14-28(15-17-29)20(3)25-23(26(4)5)24-19(2)27-12-8-9-13-27/h6-7,10-11H,3,8-9,12-17H2,1-2,4-5H3/b24-19+,25-23+. The molecule has 7 heteroatoms. The molecular formula is C23H34N6O. The maximum absolute atomic E-state index is 12.8. The Hall–Kier alpha value is -2.83. The molecule has 2 aliphatic rings. The largest absolute Gasteiger partial charge is 0.360 e. The summed E-state index contributed by atoms with van der Waals surface area (Å²) in [7, 11) is 3.90. The van der Waals surface area contributed by atoms with Crippen molar-refractivity contribution >= 4 is 17.7 Å². The number of rotatable bonds is 3. The van der Waals surface area contributed by atoms with Gasteiger partial charge in [-0.05, 0) is 38.3 Å². The Morgan fingerprint density at radius 1 is 0.933 bits per heavy atom. The third kappa shape index (κ3) is 5.20. The Balaban J connectivity index is 1.62. The van der Waals surface area contributed by atoms with Crippen molar-refractivity contribution in [2.75, 3.05) is 53.4 Å². The molecule has 1 amide bonds. The lowest BCUT2D eigenvalue weighted by atomic mass is 10.1.